The summed E-state index contributed by atoms with van der Waals surface area (Å²) in [5.74, 6) is 0.108. The van der Waals surface area contributed by atoms with Crippen molar-refractivity contribution < 1.29 is 17.9 Å². The normalized spacial score (nSPS) is 37.7. The molecule has 0 bridgehead atoms. The van der Waals surface area contributed by atoms with Crippen molar-refractivity contribution in [3.8, 4) is 0 Å². The molecule has 0 aromatic heterocycles. The number of ether oxygens (including phenoxy) is 2. The van der Waals surface area contributed by atoms with Gasteiger partial charge in [-0.05, 0) is 31.8 Å². The maximum absolute atomic E-state index is 11.2. The van der Waals surface area contributed by atoms with Crippen LogP contribution >= 0.6 is 0 Å². The fourth-order valence-electron chi connectivity index (χ4n) is 2.28. The number of hydrogen-bond acceptors (Lipinski definition) is 4. The highest BCUT2D eigenvalue weighted by molar-refractivity contribution is 7.94. The first-order chi connectivity index (χ1) is 7.59. The van der Waals surface area contributed by atoms with Gasteiger partial charge in [-0.1, -0.05) is 0 Å². The number of rotatable bonds is 3. The molecule has 92 valence electrons. The molecule has 2 rings (SSSR count). The van der Waals surface area contributed by atoms with Gasteiger partial charge >= 0.3 is 0 Å². The molecule has 1 heterocycles. The van der Waals surface area contributed by atoms with Gasteiger partial charge in [-0.15, -0.1) is 0 Å². The topological polar surface area (TPSA) is 52.6 Å². The molecule has 0 aromatic carbocycles. The van der Waals surface area contributed by atoms with E-state index < -0.39 is 9.84 Å². The highest BCUT2D eigenvalue weighted by atomic mass is 32.2. The smallest absolute Gasteiger partial charge is 0.174 e. The summed E-state index contributed by atoms with van der Waals surface area (Å²) in [5, 5.41) is 1.26. The van der Waals surface area contributed by atoms with Crippen molar-refractivity contribution in [3.05, 3.63) is 11.5 Å². The Morgan fingerprint density at radius 1 is 1.12 bits per heavy atom. The van der Waals surface area contributed by atoms with Crippen LogP contribution in [0.15, 0.2) is 11.5 Å². The third-order valence-electron chi connectivity index (χ3n) is 3.22. The van der Waals surface area contributed by atoms with Gasteiger partial charge in [0.15, 0.2) is 9.84 Å². The van der Waals surface area contributed by atoms with Crippen molar-refractivity contribution in [2.75, 3.05) is 12.9 Å². The lowest BCUT2D eigenvalue weighted by Gasteiger charge is -2.29. The number of sulfone groups is 1. The Morgan fingerprint density at radius 3 is 2.25 bits per heavy atom. The molecule has 16 heavy (non-hydrogen) atoms. The molecule has 0 spiro atoms. The molecule has 2 aliphatic rings. The lowest BCUT2D eigenvalue weighted by molar-refractivity contribution is -0.0313. The molecule has 1 fully saturated rings. The zero-order chi connectivity index (χ0) is 11.6. The van der Waals surface area contributed by atoms with Gasteiger partial charge in [0.2, 0.25) is 0 Å². The minimum Gasteiger partial charge on any atom is -0.381 e. The first-order valence-electron chi connectivity index (χ1n) is 5.68. The molecule has 1 aliphatic heterocycles. The summed E-state index contributed by atoms with van der Waals surface area (Å²) in [7, 11) is -1.26. The van der Waals surface area contributed by atoms with Gasteiger partial charge in [-0.2, -0.15) is 0 Å². The van der Waals surface area contributed by atoms with Crippen LogP contribution in [0.2, 0.25) is 0 Å². The Hall–Kier alpha value is -0.390. The highest BCUT2D eigenvalue weighted by Crippen LogP contribution is 2.25. The number of methoxy groups -OCH3 is 1. The predicted molar refractivity (Wildman–Crippen MR) is 60.9 cm³/mol. The van der Waals surface area contributed by atoms with Gasteiger partial charge in [-0.3, -0.25) is 0 Å². The number of hydrogen-bond donors (Lipinski definition) is 0. The molecule has 0 saturated heterocycles. The van der Waals surface area contributed by atoms with Crippen molar-refractivity contribution in [1.82, 2.24) is 0 Å². The van der Waals surface area contributed by atoms with Crippen molar-refractivity contribution >= 4 is 9.84 Å². The summed E-state index contributed by atoms with van der Waals surface area (Å²) in [6, 6.07) is 0. The van der Waals surface area contributed by atoms with Crippen LogP contribution in [0.1, 0.15) is 25.7 Å². The zero-order valence-electron chi connectivity index (χ0n) is 9.46. The molecule has 1 saturated carbocycles. The van der Waals surface area contributed by atoms with E-state index in [-0.39, 0.29) is 18.0 Å². The molecule has 4 nitrogen and oxygen atoms in total. The molecule has 1 unspecified atom stereocenters. The van der Waals surface area contributed by atoms with Gasteiger partial charge in [0, 0.05) is 12.5 Å². The van der Waals surface area contributed by atoms with Crippen LogP contribution < -0.4 is 0 Å². The van der Waals surface area contributed by atoms with E-state index >= 15 is 0 Å². The second kappa shape index (κ2) is 4.85. The Labute approximate surface area is 96.5 Å². The van der Waals surface area contributed by atoms with Crippen LogP contribution in [0.25, 0.3) is 0 Å². The molecule has 0 radical (unpaired) electrons. The summed E-state index contributed by atoms with van der Waals surface area (Å²) in [4.78, 5) is 0. The Kier molecular flexibility index (Phi) is 3.66. The van der Waals surface area contributed by atoms with Crippen molar-refractivity contribution in [1.29, 1.82) is 0 Å². The van der Waals surface area contributed by atoms with Gasteiger partial charge in [0.25, 0.3) is 0 Å². The van der Waals surface area contributed by atoms with Crippen molar-refractivity contribution in [2.24, 2.45) is 0 Å². The molecule has 0 N–H and O–H groups in total. The van der Waals surface area contributed by atoms with Gasteiger partial charge in [0.1, 0.15) is 0 Å². The van der Waals surface area contributed by atoms with Crippen molar-refractivity contribution in [2.45, 2.75) is 44.0 Å². The summed E-state index contributed by atoms with van der Waals surface area (Å²) in [5.41, 5.74) is 0. The molecule has 0 amide bonds. The second-order valence-corrected chi connectivity index (χ2v) is 6.40. The maximum atomic E-state index is 11.2. The van der Waals surface area contributed by atoms with Gasteiger partial charge in [-0.25, -0.2) is 8.42 Å². The quantitative estimate of drug-likeness (QED) is 0.752. The summed E-state index contributed by atoms with van der Waals surface area (Å²) in [6.07, 6.45) is 5.88. The molecule has 1 aliphatic carbocycles. The Morgan fingerprint density at radius 2 is 1.75 bits per heavy atom. The van der Waals surface area contributed by atoms with E-state index in [2.05, 4.69) is 0 Å². The van der Waals surface area contributed by atoms with E-state index in [9.17, 15) is 8.42 Å². The monoisotopic (exact) mass is 246 g/mol. The van der Waals surface area contributed by atoms with E-state index in [1.54, 1.807) is 13.2 Å². The molecular formula is C11H18O4S. The van der Waals surface area contributed by atoms with Crippen LogP contribution in [-0.4, -0.2) is 39.6 Å². The summed E-state index contributed by atoms with van der Waals surface area (Å²) in [6.45, 7) is 0. The molecule has 0 aromatic rings. The summed E-state index contributed by atoms with van der Waals surface area (Å²) >= 11 is 0. The first kappa shape index (κ1) is 12.1. The Bertz CT molecular complexity index is 352. The third-order valence-corrected chi connectivity index (χ3v) is 4.58. The lowest BCUT2D eigenvalue weighted by atomic mass is 9.95. The zero-order valence-corrected chi connectivity index (χ0v) is 10.3. The van der Waals surface area contributed by atoms with Crippen LogP contribution in [-0.2, 0) is 19.3 Å². The first-order valence-corrected chi connectivity index (χ1v) is 7.40. The fourth-order valence-corrected chi connectivity index (χ4v) is 3.46. The Balaban J connectivity index is 1.78. The fraction of sp³-hybridized carbons (Fsp3) is 0.818. The lowest BCUT2D eigenvalue weighted by Crippen LogP contribution is -2.29. The SMILES string of the molecule is COC1CCC(OC2C=CS(=O)(=O)C2)CC1. The third kappa shape index (κ3) is 3.06. The van der Waals surface area contributed by atoms with Crippen LogP contribution in [0.3, 0.4) is 0 Å². The van der Waals surface area contributed by atoms with Crippen molar-refractivity contribution in [3.63, 3.8) is 0 Å². The predicted octanol–water partition coefficient (Wildman–Crippen LogP) is 1.27. The van der Waals surface area contributed by atoms with Crippen LogP contribution in [0.5, 0.6) is 0 Å². The van der Waals surface area contributed by atoms with E-state index in [1.165, 1.54) is 5.41 Å². The molecule has 1 atom stereocenters. The molecule has 5 heteroatoms. The van der Waals surface area contributed by atoms with E-state index in [0.717, 1.165) is 25.7 Å². The van der Waals surface area contributed by atoms with E-state index in [0.29, 0.717) is 6.10 Å². The standard InChI is InChI=1S/C11H18O4S/c1-14-9-2-4-10(5-3-9)15-11-6-7-16(12,13)8-11/h6-7,9-11H,2-5,8H2,1H3. The minimum atomic E-state index is -2.99. The largest absolute Gasteiger partial charge is 0.381 e. The van der Waals surface area contributed by atoms with Gasteiger partial charge < -0.3 is 9.47 Å². The van der Waals surface area contributed by atoms with Gasteiger partial charge in [0.05, 0.1) is 24.1 Å². The molecular weight excluding hydrogens is 228 g/mol. The second-order valence-electron chi connectivity index (χ2n) is 4.47. The average molecular weight is 246 g/mol. The minimum absolute atomic E-state index is 0.108. The van der Waals surface area contributed by atoms with Crippen LogP contribution in [0, 0.1) is 0 Å². The van der Waals surface area contributed by atoms with E-state index in [4.69, 9.17) is 9.47 Å². The average Bonchev–Trinajstić information content (AvgIpc) is 2.59. The summed E-state index contributed by atoms with van der Waals surface area (Å²) < 4.78 is 33.4. The highest BCUT2D eigenvalue weighted by Gasteiger charge is 2.27. The van der Waals surface area contributed by atoms with E-state index in [1.807, 2.05) is 0 Å². The van der Waals surface area contributed by atoms with Crippen LogP contribution in [0.4, 0.5) is 0 Å². The maximum Gasteiger partial charge on any atom is 0.174 e.